The molecular formula is C84H44N4PdS4. The van der Waals surface area contributed by atoms with Crippen LogP contribution < -0.4 is 9.97 Å². The third kappa shape index (κ3) is 8.09. The predicted octanol–water partition coefficient (Wildman–Crippen LogP) is 24.7. The number of thiophene rings is 4. The number of aromatic nitrogens is 4. The van der Waals surface area contributed by atoms with Gasteiger partial charge in [-0.1, -0.05) is 170 Å². The third-order valence-corrected chi connectivity index (χ3v) is 23.6. The van der Waals surface area contributed by atoms with E-state index in [9.17, 15) is 0 Å². The Labute approximate surface area is 561 Å². The van der Waals surface area contributed by atoms with E-state index in [0.29, 0.717) is 0 Å². The van der Waals surface area contributed by atoms with Crippen molar-refractivity contribution in [3.05, 3.63) is 267 Å². The van der Waals surface area contributed by atoms with Gasteiger partial charge >= 0.3 is 20.4 Å². The van der Waals surface area contributed by atoms with E-state index in [4.69, 9.17) is 19.9 Å². The largest absolute Gasteiger partial charge is 2.00 e. The minimum absolute atomic E-state index is 0. The average molecular weight is 1340 g/mol. The number of hydrogen-bond donors (Lipinski definition) is 0. The molecule has 0 unspecified atom stereocenters. The van der Waals surface area contributed by atoms with E-state index in [2.05, 4.69) is 267 Å². The summed E-state index contributed by atoms with van der Waals surface area (Å²) >= 11 is 7.24. The topological polar surface area (TPSA) is 54.0 Å². The van der Waals surface area contributed by atoms with Crippen LogP contribution in [0.1, 0.15) is 0 Å². The van der Waals surface area contributed by atoms with E-state index in [1.165, 1.54) is 40.3 Å². The summed E-state index contributed by atoms with van der Waals surface area (Å²) in [6, 6.07) is 98.9. The van der Waals surface area contributed by atoms with Gasteiger partial charge in [0.15, 0.2) is 0 Å². The smallest absolute Gasteiger partial charge is 0.656 e. The Morgan fingerprint density at radius 1 is 0.215 bits per heavy atom. The summed E-state index contributed by atoms with van der Waals surface area (Å²) in [4.78, 5) is 29.7. The van der Waals surface area contributed by atoms with Gasteiger partial charge in [-0.2, -0.15) is 0 Å². The van der Waals surface area contributed by atoms with Crippen LogP contribution in [0.25, 0.3) is 214 Å². The molecule has 12 aromatic carbocycles. The van der Waals surface area contributed by atoms with Gasteiger partial charge in [0.2, 0.25) is 0 Å². The normalized spacial score (nSPS) is 12.2. The molecule has 0 atom stereocenters. The first-order valence-corrected chi connectivity index (χ1v) is 34.2. The zero-order chi connectivity index (χ0) is 59.9. The molecule has 18 aromatic rings. The molecule has 0 amide bonds. The molecular weight excluding hydrogens is 1300 g/mol. The van der Waals surface area contributed by atoms with Crippen LogP contribution in [-0.4, -0.2) is 9.97 Å². The number of nitrogens with zero attached hydrogens (tertiary/aromatic N) is 4. The van der Waals surface area contributed by atoms with Crippen molar-refractivity contribution in [3.63, 3.8) is 0 Å². The van der Waals surface area contributed by atoms with Gasteiger partial charge in [0.25, 0.3) is 0 Å². The van der Waals surface area contributed by atoms with Crippen LogP contribution in [0, 0.1) is 0 Å². The molecule has 93 heavy (non-hydrogen) atoms. The molecule has 0 spiro atoms. The summed E-state index contributed by atoms with van der Waals surface area (Å²) in [6.45, 7) is 0. The second-order valence-corrected chi connectivity index (χ2v) is 28.6. The molecule has 0 saturated carbocycles. The zero-order valence-corrected chi connectivity index (χ0v) is 54.0. The SMILES string of the molecule is [Pd+2].c1ccc2cc3c(cc2c1)-c1nc-3c(-c2cc3ccccc3s2)c2[n-]c(c(-c3cc4ccccc4s3)c3nc(c(-c4cc5ccccc5s4)c4[n-]c(c1-c1cc5ccccc5s1)c1cc5ccccc5cc41)-c1cc4ccccc4cc1-3)c1cc3ccccc3cc21. The van der Waals surface area contributed by atoms with Gasteiger partial charge in [0.05, 0.1) is 22.8 Å². The molecule has 0 fully saturated rings. The molecule has 8 bridgehead atoms. The Morgan fingerprint density at radius 2 is 0.409 bits per heavy atom. The molecule has 4 nitrogen and oxygen atoms in total. The van der Waals surface area contributed by atoms with E-state index in [1.807, 2.05) is 45.3 Å². The van der Waals surface area contributed by atoms with Crippen LogP contribution in [0.2, 0.25) is 0 Å². The van der Waals surface area contributed by atoms with E-state index in [-0.39, 0.29) is 20.4 Å². The maximum atomic E-state index is 6.34. The van der Waals surface area contributed by atoms with Crippen LogP contribution in [-0.2, 0) is 20.4 Å². The van der Waals surface area contributed by atoms with Gasteiger partial charge in [-0.05, 0) is 183 Å². The molecule has 21 rings (SSSR count). The minimum atomic E-state index is 0. The molecule has 9 heteroatoms. The Hall–Kier alpha value is -10.2. The fourth-order valence-corrected chi connectivity index (χ4v) is 19.2. The Kier molecular flexibility index (Phi) is 11.7. The number of rotatable bonds is 4. The van der Waals surface area contributed by atoms with Crippen molar-refractivity contribution in [1.82, 2.24) is 19.9 Å². The van der Waals surface area contributed by atoms with Crippen molar-refractivity contribution in [2.75, 3.05) is 0 Å². The fourth-order valence-electron chi connectivity index (χ4n) is 14.8. The van der Waals surface area contributed by atoms with Crippen molar-refractivity contribution < 1.29 is 20.4 Å². The first kappa shape index (κ1) is 53.5. The molecule has 0 radical (unpaired) electrons. The van der Waals surface area contributed by atoms with Crippen molar-refractivity contribution in [1.29, 1.82) is 0 Å². The van der Waals surface area contributed by atoms with Crippen LogP contribution in [0.4, 0.5) is 0 Å². The summed E-state index contributed by atoms with van der Waals surface area (Å²) in [5, 5.41) is 18.1. The third-order valence-electron chi connectivity index (χ3n) is 19.1. The van der Waals surface area contributed by atoms with Gasteiger partial charge in [0, 0.05) is 82.8 Å². The Bertz CT molecular complexity index is 5750. The molecule has 0 saturated heterocycles. The molecule has 8 heterocycles. The first-order chi connectivity index (χ1) is 45.5. The summed E-state index contributed by atoms with van der Waals surface area (Å²) in [7, 11) is 0. The van der Waals surface area contributed by atoms with E-state index in [1.54, 1.807) is 0 Å². The monoisotopic (exact) mass is 1340 g/mol. The van der Waals surface area contributed by atoms with Crippen LogP contribution in [0.5, 0.6) is 0 Å². The minimum Gasteiger partial charge on any atom is -0.656 e. The first-order valence-electron chi connectivity index (χ1n) is 31.0. The van der Waals surface area contributed by atoms with Gasteiger partial charge in [-0.15, -0.1) is 67.4 Å². The standard InChI is InChI=1S/C84H44N4S4.Pd/c1-2-18-46-34-58-57(33-45(46)17-1)77-73(69-41-53-25-9-13-29-65(53)89-69)79-59-35-47-19-3-4-20-48(47)36-60(59)81(86-79)75(71-43-55-27-11-15-31-67(55)91-71)83-63-39-51-23-7-8-24-52(51)40-64(63)84(88-83)76(72-44-56-28-12-16-32-68(56)92-72)82-62-38-50-22-6-5-21-49(50)37-61(62)80(87-82)74(78(58)85-77)70-42-54-26-10-14-30-66(54)90-70;/h1-44H;/q-2;+2. The molecule has 2 aliphatic heterocycles. The fraction of sp³-hybridized carbons (Fsp3) is 0. The summed E-state index contributed by atoms with van der Waals surface area (Å²) in [5.41, 5.74) is 15.2. The van der Waals surface area contributed by atoms with Gasteiger partial charge in [0.1, 0.15) is 0 Å². The van der Waals surface area contributed by atoms with Gasteiger partial charge in [-0.3, -0.25) is 0 Å². The van der Waals surface area contributed by atoms with Gasteiger partial charge in [-0.25, -0.2) is 9.97 Å². The summed E-state index contributed by atoms with van der Waals surface area (Å²) < 4.78 is 4.80. The van der Waals surface area contributed by atoms with Crippen molar-refractivity contribution in [2.24, 2.45) is 0 Å². The summed E-state index contributed by atoms with van der Waals surface area (Å²) in [5.74, 6) is 0. The quantitative estimate of drug-likeness (QED) is 0.165. The number of benzene rings is 12. The second-order valence-electron chi connectivity index (χ2n) is 24.3. The molecule has 1 aliphatic carbocycles. The Balaban J connectivity index is 0.00000597. The van der Waals surface area contributed by atoms with Crippen molar-refractivity contribution >= 4 is 172 Å². The number of hydrogen-bond acceptors (Lipinski definition) is 6. The van der Waals surface area contributed by atoms with Crippen LogP contribution in [0.3, 0.4) is 0 Å². The average Bonchev–Trinajstić information content (AvgIpc) is 1.56. The molecule has 3 aliphatic rings. The zero-order valence-electron chi connectivity index (χ0n) is 49.1. The van der Waals surface area contributed by atoms with Crippen LogP contribution >= 0.6 is 45.3 Å². The molecule has 0 N–H and O–H groups in total. The Morgan fingerprint density at radius 3 is 0.624 bits per heavy atom. The van der Waals surface area contributed by atoms with E-state index in [0.717, 1.165) is 173 Å². The van der Waals surface area contributed by atoms with Crippen molar-refractivity contribution in [2.45, 2.75) is 0 Å². The van der Waals surface area contributed by atoms with Crippen LogP contribution in [0.15, 0.2) is 267 Å². The second kappa shape index (κ2) is 20.4. The predicted molar refractivity (Wildman–Crippen MR) is 396 cm³/mol. The number of fused-ring (bicyclic) bond motifs is 8. The van der Waals surface area contributed by atoms with E-state index < -0.39 is 0 Å². The maximum Gasteiger partial charge on any atom is 2.00 e. The van der Waals surface area contributed by atoms with Gasteiger partial charge < -0.3 is 9.97 Å². The molecule has 6 aromatic heterocycles. The maximum absolute atomic E-state index is 6.34. The van der Waals surface area contributed by atoms with Crippen molar-refractivity contribution in [3.8, 4) is 86.8 Å². The summed E-state index contributed by atoms with van der Waals surface area (Å²) in [6.07, 6.45) is 0. The molecule has 434 valence electrons. The van der Waals surface area contributed by atoms with E-state index >= 15 is 0 Å².